The standard InChI is InChI=1S/C23H22N2O4S2/c26-17-7-8-21-19(12-17)25(14-16-4-1-2-6-20(16)29-21)23(28)13-24-22(27)9-11-30-15-18-5-3-10-31-18/h1-8,10,12,26H,9,11,13-15H2,(H,24,27). The van der Waals surface area contributed by atoms with Gasteiger partial charge in [-0.2, -0.15) is 11.8 Å². The van der Waals surface area contributed by atoms with Crippen molar-refractivity contribution in [2.24, 2.45) is 0 Å². The predicted octanol–water partition coefficient (Wildman–Crippen LogP) is 4.53. The monoisotopic (exact) mass is 454 g/mol. The summed E-state index contributed by atoms with van der Waals surface area (Å²) in [5.41, 5.74) is 1.32. The summed E-state index contributed by atoms with van der Waals surface area (Å²) < 4.78 is 5.97. The summed E-state index contributed by atoms with van der Waals surface area (Å²) in [6, 6.07) is 16.2. The van der Waals surface area contributed by atoms with E-state index in [0.29, 0.717) is 29.4 Å². The van der Waals surface area contributed by atoms with Gasteiger partial charge in [0, 0.05) is 34.4 Å². The van der Waals surface area contributed by atoms with E-state index in [1.54, 1.807) is 29.2 Å². The van der Waals surface area contributed by atoms with Crippen molar-refractivity contribution in [3.63, 3.8) is 0 Å². The van der Waals surface area contributed by atoms with E-state index in [-0.39, 0.29) is 30.7 Å². The molecule has 0 spiro atoms. The lowest BCUT2D eigenvalue weighted by atomic mass is 10.2. The van der Waals surface area contributed by atoms with Crippen molar-refractivity contribution in [2.75, 3.05) is 17.2 Å². The van der Waals surface area contributed by atoms with Crippen LogP contribution in [0.5, 0.6) is 17.2 Å². The van der Waals surface area contributed by atoms with E-state index in [0.717, 1.165) is 11.3 Å². The number of hydrogen-bond donors (Lipinski definition) is 2. The number of anilines is 1. The number of amides is 2. The number of thioether (sulfide) groups is 1. The molecule has 2 amide bonds. The van der Waals surface area contributed by atoms with Gasteiger partial charge in [-0.3, -0.25) is 9.59 Å². The second kappa shape index (κ2) is 9.89. The van der Waals surface area contributed by atoms with E-state index in [4.69, 9.17) is 4.74 Å². The Kier molecular flexibility index (Phi) is 6.79. The summed E-state index contributed by atoms with van der Waals surface area (Å²) in [7, 11) is 0. The average molecular weight is 455 g/mol. The lowest BCUT2D eigenvalue weighted by molar-refractivity contribution is -0.124. The second-order valence-corrected chi connectivity index (χ2v) is 9.14. The number of thiophene rings is 1. The number of nitrogens with one attached hydrogen (secondary N) is 1. The molecule has 160 valence electrons. The Bertz CT molecular complexity index is 1070. The molecule has 0 radical (unpaired) electrons. The van der Waals surface area contributed by atoms with Gasteiger partial charge in [0.05, 0.1) is 18.8 Å². The van der Waals surface area contributed by atoms with E-state index in [9.17, 15) is 14.7 Å². The molecule has 2 N–H and O–H groups in total. The van der Waals surface area contributed by atoms with Crippen molar-refractivity contribution in [2.45, 2.75) is 18.7 Å². The van der Waals surface area contributed by atoms with Gasteiger partial charge < -0.3 is 20.1 Å². The van der Waals surface area contributed by atoms with Crippen LogP contribution in [0.4, 0.5) is 5.69 Å². The van der Waals surface area contributed by atoms with Crippen LogP contribution in [0.25, 0.3) is 0 Å². The summed E-state index contributed by atoms with van der Waals surface area (Å²) in [5.74, 6) is 2.33. The maximum absolute atomic E-state index is 13.0. The first-order chi connectivity index (χ1) is 15.1. The third kappa shape index (κ3) is 5.39. The van der Waals surface area contributed by atoms with Crippen LogP contribution in [0.2, 0.25) is 0 Å². The van der Waals surface area contributed by atoms with Crippen LogP contribution >= 0.6 is 23.1 Å². The minimum absolute atomic E-state index is 0.0397. The van der Waals surface area contributed by atoms with Gasteiger partial charge in [-0.1, -0.05) is 24.3 Å². The highest BCUT2D eigenvalue weighted by Crippen LogP contribution is 2.40. The highest BCUT2D eigenvalue weighted by Gasteiger charge is 2.26. The number of phenols is 1. The van der Waals surface area contributed by atoms with E-state index in [1.807, 2.05) is 35.7 Å². The van der Waals surface area contributed by atoms with Crippen molar-refractivity contribution in [3.05, 3.63) is 70.4 Å². The number of aromatic hydroxyl groups is 1. The topological polar surface area (TPSA) is 78.9 Å². The summed E-state index contributed by atoms with van der Waals surface area (Å²) >= 11 is 3.40. The number of para-hydroxylation sites is 1. The van der Waals surface area contributed by atoms with Crippen molar-refractivity contribution in [3.8, 4) is 17.2 Å². The highest BCUT2D eigenvalue weighted by molar-refractivity contribution is 7.98. The molecule has 8 heteroatoms. The lowest BCUT2D eigenvalue weighted by Crippen LogP contribution is -2.39. The Labute approximate surface area is 188 Å². The molecule has 31 heavy (non-hydrogen) atoms. The van der Waals surface area contributed by atoms with Crippen LogP contribution in [-0.4, -0.2) is 29.2 Å². The Morgan fingerprint density at radius 2 is 2.00 bits per heavy atom. The van der Waals surface area contributed by atoms with Gasteiger partial charge in [0.1, 0.15) is 11.5 Å². The number of carbonyl (C=O) groups is 2. The number of ether oxygens (including phenoxy) is 1. The van der Waals surface area contributed by atoms with E-state index in [2.05, 4.69) is 11.4 Å². The summed E-state index contributed by atoms with van der Waals surface area (Å²) in [4.78, 5) is 28.0. The molecule has 6 nitrogen and oxygen atoms in total. The van der Waals surface area contributed by atoms with E-state index < -0.39 is 0 Å². The molecule has 0 saturated carbocycles. The van der Waals surface area contributed by atoms with Crippen molar-refractivity contribution in [1.29, 1.82) is 0 Å². The van der Waals surface area contributed by atoms with Crippen LogP contribution in [0.15, 0.2) is 60.0 Å². The number of rotatable bonds is 7. The second-order valence-electron chi connectivity index (χ2n) is 7.00. The number of carbonyl (C=O) groups excluding carboxylic acids is 2. The van der Waals surface area contributed by atoms with Gasteiger partial charge in [0.25, 0.3) is 0 Å². The summed E-state index contributed by atoms with van der Waals surface area (Å²) in [6.07, 6.45) is 0.354. The minimum atomic E-state index is -0.272. The predicted molar refractivity (Wildman–Crippen MR) is 124 cm³/mol. The molecule has 0 fully saturated rings. The maximum Gasteiger partial charge on any atom is 0.246 e. The fourth-order valence-electron chi connectivity index (χ4n) is 3.22. The molecule has 2 aromatic carbocycles. The normalized spacial score (nSPS) is 12.3. The van der Waals surface area contributed by atoms with Gasteiger partial charge in [-0.15, -0.1) is 11.3 Å². The first-order valence-electron chi connectivity index (χ1n) is 9.86. The van der Waals surface area contributed by atoms with E-state index >= 15 is 0 Å². The van der Waals surface area contributed by atoms with Crippen LogP contribution in [0.3, 0.4) is 0 Å². The van der Waals surface area contributed by atoms with Gasteiger partial charge >= 0.3 is 0 Å². The molecular formula is C23H22N2O4S2. The molecule has 1 aliphatic rings. The first kappa shape index (κ1) is 21.3. The van der Waals surface area contributed by atoms with Crippen LogP contribution in [0.1, 0.15) is 16.9 Å². The summed E-state index contributed by atoms with van der Waals surface area (Å²) in [6.45, 7) is 0.170. The Morgan fingerprint density at radius 3 is 2.84 bits per heavy atom. The minimum Gasteiger partial charge on any atom is -0.508 e. The average Bonchev–Trinajstić information content (AvgIpc) is 3.23. The molecule has 0 saturated heterocycles. The molecular weight excluding hydrogens is 432 g/mol. The highest BCUT2D eigenvalue weighted by atomic mass is 32.2. The molecule has 0 bridgehead atoms. The molecule has 0 unspecified atom stereocenters. The first-order valence-corrected chi connectivity index (χ1v) is 11.9. The number of fused-ring (bicyclic) bond motifs is 2. The quantitative estimate of drug-likeness (QED) is 0.513. The summed E-state index contributed by atoms with van der Waals surface area (Å²) in [5, 5.41) is 14.7. The molecule has 2 heterocycles. The third-order valence-electron chi connectivity index (χ3n) is 4.79. The molecule has 1 aromatic heterocycles. The number of nitrogens with zero attached hydrogens (tertiary/aromatic N) is 1. The smallest absolute Gasteiger partial charge is 0.246 e. The van der Waals surface area contributed by atoms with Gasteiger partial charge in [-0.25, -0.2) is 0 Å². The zero-order valence-corrected chi connectivity index (χ0v) is 18.4. The SMILES string of the molecule is O=C(CCSCc1cccs1)NCC(=O)N1Cc2ccccc2Oc2ccc(O)cc21. The number of benzene rings is 2. The third-order valence-corrected chi connectivity index (χ3v) is 6.86. The van der Waals surface area contributed by atoms with Crippen molar-refractivity contribution >= 4 is 40.6 Å². The largest absolute Gasteiger partial charge is 0.508 e. The number of phenolic OH excluding ortho intramolecular Hbond substituents is 1. The molecule has 0 aliphatic carbocycles. The molecule has 1 aliphatic heterocycles. The van der Waals surface area contributed by atoms with Crippen LogP contribution < -0.4 is 15.0 Å². The molecule has 0 atom stereocenters. The maximum atomic E-state index is 13.0. The Morgan fingerprint density at radius 1 is 1.13 bits per heavy atom. The van der Waals surface area contributed by atoms with Crippen LogP contribution in [-0.2, 0) is 21.9 Å². The Balaban J connectivity index is 1.37. The van der Waals surface area contributed by atoms with Gasteiger partial charge in [-0.05, 0) is 29.6 Å². The van der Waals surface area contributed by atoms with Crippen LogP contribution in [0, 0.1) is 0 Å². The van der Waals surface area contributed by atoms with Crippen molar-refractivity contribution < 1.29 is 19.4 Å². The number of hydrogen-bond acceptors (Lipinski definition) is 6. The molecule has 4 rings (SSSR count). The zero-order chi connectivity index (χ0) is 21.6. The fourth-order valence-corrected chi connectivity index (χ4v) is 5.01. The lowest BCUT2D eigenvalue weighted by Gasteiger charge is -2.22. The molecule has 3 aromatic rings. The van der Waals surface area contributed by atoms with Gasteiger partial charge in [0.15, 0.2) is 5.75 Å². The zero-order valence-electron chi connectivity index (χ0n) is 16.7. The fraction of sp³-hybridized carbons (Fsp3) is 0.217. The van der Waals surface area contributed by atoms with Gasteiger partial charge in [0.2, 0.25) is 11.8 Å². The Hall–Kier alpha value is -2.97. The van der Waals surface area contributed by atoms with E-state index in [1.165, 1.54) is 21.9 Å². The van der Waals surface area contributed by atoms with Crippen molar-refractivity contribution in [1.82, 2.24) is 5.32 Å².